The van der Waals surface area contributed by atoms with Gasteiger partial charge in [0.15, 0.2) is 5.78 Å². The Kier molecular flexibility index (Phi) is 4.42. The average molecular weight is 404 g/mol. The number of amides is 1. The molecule has 2 bridgehead atoms. The maximum Gasteiger partial charge on any atom is 0.252 e. The van der Waals surface area contributed by atoms with Crippen LogP contribution in [0.1, 0.15) is 53.3 Å². The Hall–Kier alpha value is -3.42. The van der Waals surface area contributed by atoms with Gasteiger partial charge >= 0.3 is 0 Å². The van der Waals surface area contributed by atoms with Crippen molar-refractivity contribution in [2.75, 3.05) is 10.2 Å². The van der Waals surface area contributed by atoms with Crippen molar-refractivity contribution in [1.29, 1.82) is 0 Å². The van der Waals surface area contributed by atoms with Gasteiger partial charge in [-0.05, 0) is 50.8 Å². The summed E-state index contributed by atoms with van der Waals surface area (Å²) in [5, 5.41) is 4.48. The number of Topliss-reactive ketones (excluding diaryl/α,β-unsaturated/α-hetero) is 1. The van der Waals surface area contributed by atoms with Crippen LogP contribution in [-0.4, -0.2) is 44.8 Å². The third kappa shape index (κ3) is 3.08. The van der Waals surface area contributed by atoms with Crippen LogP contribution in [0, 0.1) is 0 Å². The van der Waals surface area contributed by atoms with E-state index in [1.54, 1.807) is 13.1 Å². The first kappa shape index (κ1) is 18.6. The van der Waals surface area contributed by atoms with E-state index in [2.05, 4.69) is 25.2 Å². The summed E-state index contributed by atoms with van der Waals surface area (Å²) in [6, 6.07) is 6.70. The number of rotatable bonds is 5. The smallest absolute Gasteiger partial charge is 0.252 e. The molecule has 154 valence electrons. The number of aromatic amines is 1. The van der Waals surface area contributed by atoms with Gasteiger partial charge in [-0.15, -0.1) is 0 Å². The van der Waals surface area contributed by atoms with Gasteiger partial charge < -0.3 is 20.9 Å². The van der Waals surface area contributed by atoms with Gasteiger partial charge in [0.05, 0.1) is 11.3 Å². The van der Waals surface area contributed by atoms with Crippen molar-refractivity contribution in [3.05, 3.63) is 47.9 Å². The Morgan fingerprint density at radius 2 is 1.90 bits per heavy atom. The van der Waals surface area contributed by atoms with Crippen LogP contribution in [0.5, 0.6) is 0 Å². The Morgan fingerprint density at radius 1 is 1.13 bits per heavy atom. The van der Waals surface area contributed by atoms with Crippen LogP contribution >= 0.6 is 0 Å². The molecule has 2 fully saturated rings. The van der Waals surface area contributed by atoms with Crippen molar-refractivity contribution in [3.63, 3.8) is 0 Å². The molecule has 0 aliphatic carbocycles. The maximum absolute atomic E-state index is 12.0. The molecule has 4 N–H and O–H groups in total. The summed E-state index contributed by atoms with van der Waals surface area (Å²) in [7, 11) is 0. The van der Waals surface area contributed by atoms with Crippen molar-refractivity contribution in [1.82, 2.24) is 15.0 Å². The minimum Gasteiger partial charge on any atom is -0.381 e. The molecule has 8 heteroatoms. The van der Waals surface area contributed by atoms with Crippen LogP contribution in [0.3, 0.4) is 0 Å². The number of carbonyl (C=O) groups is 2. The second-order valence-electron chi connectivity index (χ2n) is 8.22. The zero-order chi connectivity index (χ0) is 20.8. The van der Waals surface area contributed by atoms with Crippen LogP contribution < -0.4 is 16.0 Å². The number of piperidine rings is 1. The fourth-order valence-corrected chi connectivity index (χ4v) is 4.97. The van der Waals surface area contributed by atoms with Crippen molar-refractivity contribution < 1.29 is 9.59 Å². The molecule has 8 nitrogen and oxygen atoms in total. The molecule has 5 heterocycles. The summed E-state index contributed by atoms with van der Waals surface area (Å²) < 4.78 is 0. The van der Waals surface area contributed by atoms with Gasteiger partial charge in [0, 0.05) is 47.7 Å². The van der Waals surface area contributed by atoms with Gasteiger partial charge in [-0.25, -0.2) is 9.97 Å². The first-order valence-corrected chi connectivity index (χ1v) is 10.3. The molecule has 2 saturated heterocycles. The second kappa shape index (κ2) is 7.12. The van der Waals surface area contributed by atoms with E-state index < -0.39 is 5.91 Å². The normalized spacial score (nSPS) is 23.0. The molecular formula is C22H24N6O2. The van der Waals surface area contributed by atoms with Crippen LogP contribution in [0.25, 0.3) is 11.0 Å². The largest absolute Gasteiger partial charge is 0.381 e. The number of nitrogens with zero attached hydrogens (tertiary/aromatic N) is 3. The highest BCUT2D eigenvalue weighted by atomic mass is 16.1. The Labute approximate surface area is 173 Å². The van der Waals surface area contributed by atoms with Crippen molar-refractivity contribution >= 4 is 34.2 Å². The summed E-state index contributed by atoms with van der Waals surface area (Å²) in [5.41, 5.74) is 8.15. The standard InChI is InChI=1S/C22H24N6O2/c1-12(29)13-2-5-19(25-10-13)28-15-3-4-16(28)9-14(8-15)27-20-17-6-7-24-22(17)26-11-18(20)21(23)30/h2,5-7,10-11,14-16H,3-4,8-9H2,1H3,(H2,23,30)(H2,24,26,27)/t15-,16-/m0/s1. The number of H-pyrrole nitrogens is 1. The van der Waals surface area contributed by atoms with E-state index in [0.717, 1.165) is 48.2 Å². The molecule has 0 saturated carbocycles. The molecule has 30 heavy (non-hydrogen) atoms. The highest BCUT2D eigenvalue weighted by molar-refractivity contribution is 6.06. The summed E-state index contributed by atoms with van der Waals surface area (Å²) in [6.45, 7) is 1.55. The van der Waals surface area contributed by atoms with E-state index in [9.17, 15) is 9.59 Å². The van der Waals surface area contributed by atoms with E-state index in [4.69, 9.17) is 5.73 Å². The van der Waals surface area contributed by atoms with Crippen LogP contribution in [0.15, 0.2) is 36.8 Å². The third-order valence-corrected chi connectivity index (χ3v) is 6.35. The number of fused-ring (bicyclic) bond motifs is 3. The zero-order valence-corrected chi connectivity index (χ0v) is 16.8. The number of aromatic nitrogens is 3. The van der Waals surface area contributed by atoms with Gasteiger partial charge in [-0.3, -0.25) is 9.59 Å². The lowest BCUT2D eigenvalue weighted by Gasteiger charge is -2.40. The zero-order valence-electron chi connectivity index (χ0n) is 16.8. The van der Waals surface area contributed by atoms with Crippen molar-refractivity contribution in [2.24, 2.45) is 5.73 Å². The molecule has 0 spiro atoms. The summed E-state index contributed by atoms with van der Waals surface area (Å²) in [5.74, 6) is 0.475. The van der Waals surface area contributed by atoms with Crippen LogP contribution in [0.4, 0.5) is 11.5 Å². The lowest BCUT2D eigenvalue weighted by molar-refractivity contribution is 0.0996. The monoisotopic (exact) mass is 404 g/mol. The van der Waals surface area contributed by atoms with Gasteiger partial charge in [0.2, 0.25) is 0 Å². The predicted molar refractivity (Wildman–Crippen MR) is 115 cm³/mol. The maximum atomic E-state index is 12.0. The molecule has 0 radical (unpaired) electrons. The molecule has 2 atom stereocenters. The molecular weight excluding hydrogens is 380 g/mol. The fourth-order valence-electron chi connectivity index (χ4n) is 4.97. The highest BCUT2D eigenvalue weighted by Crippen LogP contribution is 2.40. The van der Waals surface area contributed by atoms with Crippen molar-refractivity contribution in [3.8, 4) is 0 Å². The molecule has 3 aromatic rings. The number of nitrogens with one attached hydrogen (secondary N) is 2. The summed E-state index contributed by atoms with van der Waals surface area (Å²) in [4.78, 5) is 37.8. The number of hydrogen-bond donors (Lipinski definition) is 3. The minimum absolute atomic E-state index is 0.0265. The number of nitrogens with two attached hydrogens (primary N) is 1. The third-order valence-electron chi connectivity index (χ3n) is 6.35. The Morgan fingerprint density at radius 3 is 2.53 bits per heavy atom. The second-order valence-corrected chi connectivity index (χ2v) is 8.22. The Bertz CT molecular complexity index is 1110. The molecule has 2 aliphatic heterocycles. The minimum atomic E-state index is -0.483. The van der Waals surface area contributed by atoms with Gasteiger partial charge in [0.25, 0.3) is 5.91 Å². The number of carbonyl (C=O) groups excluding carboxylic acids is 2. The summed E-state index contributed by atoms with van der Waals surface area (Å²) >= 11 is 0. The number of hydrogen-bond acceptors (Lipinski definition) is 6. The number of pyridine rings is 2. The van der Waals surface area contributed by atoms with E-state index in [1.807, 2.05) is 24.4 Å². The molecule has 3 aromatic heterocycles. The molecule has 2 aliphatic rings. The molecule has 0 unspecified atom stereocenters. The topological polar surface area (TPSA) is 117 Å². The number of ketones is 1. The number of primary amides is 1. The lowest BCUT2D eigenvalue weighted by atomic mass is 9.96. The van der Waals surface area contributed by atoms with E-state index in [-0.39, 0.29) is 11.8 Å². The molecule has 1 amide bonds. The first-order valence-electron chi connectivity index (χ1n) is 10.3. The SMILES string of the molecule is CC(=O)c1ccc(N2[C@H]3CC[C@H]2CC(Nc2c(C(N)=O)cnc4[nH]ccc24)C3)nc1. The van der Waals surface area contributed by atoms with Crippen LogP contribution in [0.2, 0.25) is 0 Å². The predicted octanol–water partition coefficient (Wildman–Crippen LogP) is 2.87. The average Bonchev–Trinajstić information content (AvgIpc) is 3.31. The quantitative estimate of drug-likeness (QED) is 0.563. The Balaban J connectivity index is 1.39. The summed E-state index contributed by atoms with van der Waals surface area (Å²) in [6.07, 6.45) is 9.12. The fraction of sp³-hybridized carbons (Fsp3) is 0.364. The highest BCUT2D eigenvalue weighted by Gasteiger charge is 2.41. The lowest BCUT2D eigenvalue weighted by Crippen LogP contribution is -2.47. The number of anilines is 2. The first-order chi connectivity index (χ1) is 14.5. The van der Waals surface area contributed by atoms with Gasteiger partial charge in [0.1, 0.15) is 11.5 Å². The van der Waals surface area contributed by atoms with Crippen molar-refractivity contribution in [2.45, 2.75) is 50.7 Å². The van der Waals surface area contributed by atoms with Crippen LogP contribution in [-0.2, 0) is 0 Å². The van der Waals surface area contributed by atoms with E-state index >= 15 is 0 Å². The van der Waals surface area contributed by atoms with E-state index in [1.165, 1.54) is 6.20 Å². The van der Waals surface area contributed by atoms with E-state index in [0.29, 0.717) is 23.2 Å². The van der Waals surface area contributed by atoms with Gasteiger partial charge in [-0.2, -0.15) is 0 Å². The van der Waals surface area contributed by atoms with Gasteiger partial charge in [-0.1, -0.05) is 0 Å². The molecule has 5 rings (SSSR count). The molecule has 0 aromatic carbocycles.